The number of benzene rings is 2. The molecule has 1 aliphatic heterocycles. The van der Waals surface area contributed by atoms with Gasteiger partial charge in [-0.2, -0.15) is 5.10 Å². The van der Waals surface area contributed by atoms with E-state index in [4.69, 9.17) is 11.6 Å². The second kappa shape index (κ2) is 6.26. The third-order valence-electron chi connectivity index (χ3n) is 4.39. The van der Waals surface area contributed by atoms with Crippen molar-refractivity contribution in [3.05, 3.63) is 71.5 Å². The van der Waals surface area contributed by atoms with Gasteiger partial charge >= 0.3 is 0 Å². The van der Waals surface area contributed by atoms with Gasteiger partial charge in [-0.3, -0.25) is 4.79 Å². The number of carbonyl (C=O) groups excluding carboxylic acids is 1. The summed E-state index contributed by atoms with van der Waals surface area (Å²) in [5.41, 5.74) is 3.37. The van der Waals surface area contributed by atoms with Crippen LogP contribution in [0.2, 0.25) is 5.02 Å². The van der Waals surface area contributed by atoms with E-state index in [0.29, 0.717) is 17.1 Å². The van der Waals surface area contributed by atoms with Gasteiger partial charge in [0.2, 0.25) is 0 Å². The first-order valence-electron chi connectivity index (χ1n) is 8.06. The fourth-order valence-electron chi connectivity index (χ4n) is 3.07. The highest BCUT2D eigenvalue weighted by atomic mass is 35.5. The molecule has 1 aromatic heterocycles. The zero-order valence-electron chi connectivity index (χ0n) is 13.8. The van der Waals surface area contributed by atoms with Gasteiger partial charge in [-0.25, -0.2) is 4.68 Å². The van der Waals surface area contributed by atoms with Crippen LogP contribution in [-0.4, -0.2) is 35.8 Å². The summed E-state index contributed by atoms with van der Waals surface area (Å²) in [6, 6.07) is 15.3. The lowest BCUT2D eigenvalue weighted by Crippen LogP contribution is -2.42. The zero-order chi connectivity index (χ0) is 17.4. The van der Waals surface area contributed by atoms with E-state index >= 15 is 0 Å². The molecule has 0 saturated heterocycles. The molecule has 0 radical (unpaired) electrons. The van der Waals surface area contributed by atoms with Crippen molar-refractivity contribution in [1.82, 2.24) is 9.78 Å². The van der Waals surface area contributed by atoms with Crippen molar-refractivity contribution in [2.24, 2.45) is 0 Å². The third-order valence-corrected chi connectivity index (χ3v) is 4.63. The largest absolute Gasteiger partial charge is 0.371 e. The van der Waals surface area contributed by atoms with Crippen LogP contribution in [0.4, 0.5) is 11.4 Å². The number of nitrogens with zero attached hydrogens (tertiary/aromatic N) is 4. The Morgan fingerprint density at radius 1 is 1.08 bits per heavy atom. The number of likely N-dealkylation sites (N-methyl/N-ethyl adjacent to an activating group) is 1. The maximum atomic E-state index is 13.0. The number of aromatic nitrogens is 2. The lowest BCUT2D eigenvalue weighted by Gasteiger charge is -2.35. The van der Waals surface area contributed by atoms with Crippen molar-refractivity contribution in [2.45, 2.75) is 0 Å². The van der Waals surface area contributed by atoms with E-state index in [2.05, 4.69) is 10.00 Å². The molecule has 0 aliphatic carbocycles. The van der Waals surface area contributed by atoms with E-state index in [1.165, 1.54) is 0 Å². The van der Waals surface area contributed by atoms with Gasteiger partial charge in [-0.15, -0.1) is 0 Å². The van der Waals surface area contributed by atoms with Crippen LogP contribution in [0.3, 0.4) is 0 Å². The Hall–Kier alpha value is -2.79. The first-order chi connectivity index (χ1) is 12.1. The van der Waals surface area contributed by atoms with Crippen LogP contribution in [0.15, 0.2) is 60.9 Å². The Morgan fingerprint density at radius 3 is 2.68 bits per heavy atom. The molecule has 0 fully saturated rings. The van der Waals surface area contributed by atoms with Gasteiger partial charge in [-0.1, -0.05) is 29.8 Å². The molecule has 2 heterocycles. The maximum Gasteiger partial charge on any atom is 0.261 e. The van der Waals surface area contributed by atoms with Crippen molar-refractivity contribution < 1.29 is 4.79 Å². The summed E-state index contributed by atoms with van der Waals surface area (Å²) in [7, 11) is 2.04. The highest BCUT2D eigenvalue weighted by Gasteiger charge is 2.26. The van der Waals surface area contributed by atoms with E-state index in [1.54, 1.807) is 17.1 Å². The number of hydrogen-bond acceptors (Lipinski definition) is 3. The van der Waals surface area contributed by atoms with Gasteiger partial charge in [0.15, 0.2) is 0 Å². The van der Waals surface area contributed by atoms with Crippen molar-refractivity contribution in [3.8, 4) is 5.69 Å². The SMILES string of the molecule is CN1CCN(C(=O)c2cnn(-c3cccc(Cl)c3)c2)c2ccccc21. The summed E-state index contributed by atoms with van der Waals surface area (Å²) in [5, 5.41) is 4.95. The van der Waals surface area contributed by atoms with Crippen LogP contribution in [-0.2, 0) is 0 Å². The first-order valence-corrected chi connectivity index (χ1v) is 8.44. The molecule has 2 aromatic carbocycles. The fourth-order valence-corrected chi connectivity index (χ4v) is 3.25. The maximum absolute atomic E-state index is 13.0. The predicted molar refractivity (Wildman–Crippen MR) is 100.0 cm³/mol. The van der Waals surface area contributed by atoms with Crippen molar-refractivity contribution in [1.29, 1.82) is 0 Å². The molecule has 0 saturated carbocycles. The average molecular weight is 353 g/mol. The minimum atomic E-state index is -0.0474. The second-order valence-electron chi connectivity index (χ2n) is 6.02. The van der Waals surface area contributed by atoms with Crippen molar-refractivity contribution in [2.75, 3.05) is 29.9 Å². The van der Waals surface area contributed by atoms with E-state index in [-0.39, 0.29) is 5.91 Å². The molecular formula is C19H17ClN4O. The summed E-state index contributed by atoms with van der Waals surface area (Å²) >= 11 is 6.03. The number of para-hydroxylation sites is 2. The van der Waals surface area contributed by atoms with Gasteiger partial charge < -0.3 is 9.80 Å². The molecule has 1 aliphatic rings. The molecule has 6 heteroatoms. The van der Waals surface area contributed by atoms with Crippen molar-refractivity contribution in [3.63, 3.8) is 0 Å². The van der Waals surface area contributed by atoms with E-state index in [1.807, 2.05) is 60.5 Å². The average Bonchev–Trinajstić information content (AvgIpc) is 3.12. The minimum absolute atomic E-state index is 0.0474. The van der Waals surface area contributed by atoms with E-state index in [9.17, 15) is 4.79 Å². The van der Waals surface area contributed by atoms with Crippen LogP contribution < -0.4 is 9.80 Å². The third kappa shape index (κ3) is 2.87. The molecule has 3 aromatic rings. The molecule has 126 valence electrons. The standard InChI is InChI=1S/C19H17ClN4O/c1-22-9-10-23(18-8-3-2-7-17(18)22)19(25)14-12-21-24(13-14)16-6-4-5-15(20)11-16/h2-8,11-13H,9-10H2,1H3. The van der Waals surface area contributed by atoms with Gasteiger partial charge in [0.25, 0.3) is 5.91 Å². The molecule has 0 unspecified atom stereocenters. The number of hydrogen-bond donors (Lipinski definition) is 0. The summed E-state index contributed by atoms with van der Waals surface area (Å²) in [6.07, 6.45) is 3.35. The van der Waals surface area contributed by atoms with Crippen molar-refractivity contribution >= 4 is 28.9 Å². The molecule has 0 spiro atoms. The monoisotopic (exact) mass is 352 g/mol. The number of rotatable bonds is 2. The Bertz CT molecular complexity index is 936. The lowest BCUT2D eigenvalue weighted by atomic mass is 10.1. The van der Waals surface area contributed by atoms with Crippen LogP contribution in [0.25, 0.3) is 5.69 Å². The van der Waals surface area contributed by atoms with Gasteiger partial charge in [-0.05, 0) is 30.3 Å². The number of amides is 1. The van der Waals surface area contributed by atoms with E-state index < -0.39 is 0 Å². The van der Waals surface area contributed by atoms with Crippen LogP contribution >= 0.6 is 11.6 Å². The quantitative estimate of drug-likeness (QED) is 0.707. The molecule has 1 amide bonds. The molecule has 4 rings (SSSR count). The minimum Gasteiger partial charge on any atom is -0.371 e. The number of anilines is 2. The van der Waals surface area contributed by atoms with Crippen LogP contribution in [0.5, 0.6) is 0 Å². The Morgan fingerprint density at radius 2 is 1.88 bits per heavy atom. The Labute approximate surface area is 151 Å². The lowest BCUT2D eigenvalue weighted by molar-refractivity contribution is 0.0986. The normalized spacial score (nSPS) is 13.7. The van der Waals surface area contributed by atoms with Gasteiger partial charge in [0.1, 0.15) is 0 Å². The fraction of sp³-hybridized carbons (Fsp3) is 0.158. The molecule has 0 bridgehead atoms. The van der Waals surface area contributed by atoms with Gasteiger partial charge in [0, 0.05) is 31.4 Å². The predicted octanol–water partition coefficient (Wildman–Crippen LogP) is 3.62. The Kier molecular flexibility index (Phi) is 3.93. The van der Waals surface area contributed by atoms with E-state index in [0.717, 1.165) is 23.6 Å². The molecule has 0 atom stereocenters. The summed E-state index contributed by atoms with van der Waals surface area (Å²) in [5.74, 6) is -0.0474. The molecule has 5 nitrogen and oxygen atoms in total. The number of halogens is 1. The molecule has 25 heavy (non-hydrogen) atoms. The van der Waals surface area contributed by atoms with Gasteiger partial charge in [0.05, 0.1) is 28.8 Å². The first kappa shape index (κ1) is 15.7. The Balaban J connectivity index is 1.66. The second-order valence-corrected chi connectivity index (χ2v) is 6.46. The molecular weight excluding hydrogens is 336 g/mol. The summed E-state index contributed by atoms with van der Waals surface area (Å²) in [6.45, 7) is 1.44. The highest BCUT2D eigenvalue weighted by Crippen LogP contribution is 2.32. The van der Waals surface area contributed by atoms with Crippen LogP contribution in [0, 0.1) is 0 Å². The zero-order valence-corrected chi connectivity index (χ0v) is 14.5. The number of fused-ring (bicyclic) bond motifs is 1. The number of carbonyl (C=O) groups is 1. The smallest absolute Gasteiger partial charge is 0.261 e. The summed E-state index contributed by atoms with van der Waals surface area (Å²) in [4.78, 5) is 17.0. The molecule has 0 N–H and O–H groups in total. The van der Waals surface area contributed by atoms with Crippen LogP contribution in [0.1, 0.15) is 10.4 Å². The summed E-state index contributed by atoms with van der Waals surface area (Å²) < 4.78 is 1.67. The highest BCUT2D eigenvalue weighted by molar-refractivity contribution is 6.30. The topological polar surface area (TPSA) is 41.4 Å².